The van der Waals surface area contributed by atoms with Gasteiger partial charge in [0, 0.05) is 6.42 Å². The Balaban J connectivity index is 2.46. The zero-order chi connectivity index (χ0) is 11.0. The number of aromatic nitrogens is 2. The van der Waals surface area contributed by atoms with Gasteiger partial charge in [-0.2, -0.15) is 5.10 Å². The minimum Gasteiger partial charge on any atom is -0.480 e. The first-order valence-electron chi connectivity index (χ1n) is 4.91. The quantitative estimate of drug-likeness (QED) is 0.780. The van der Waals surface area contributed by atoms with Gasteiger partial charge in [-0.15, -0.1) is 0 Å². The van der Waals surface area contributed by atoms with E-state index < -0.39 is 5.97 Å². The maximum atomic E-state index is 11.6. The number of ketones is 1. The summed E-state index contributed by atoms with van der Waals surface area (Å²) >= 11 is 0. The average Bonchev–Trinajstić information content (AvgIpc) is 2.44. The standard InChI is InChI=1S/C10H12N2O3/c1-6-10-7(3-2-4-8(10)13)12(11-6)5-9(14)15/h2-5H2,1H3,(H,14,15). The Morgan fingerprint density at radius 1 is 1.53 bits per heavy atom. The molecule has 0 aromatic carbocycles. The fraction of sp³-hybridized carbons (Fsp3) is 0.500. The fourth-order valence-electron chi connectivity index (χ4n) is 2.05. The molecule has 0 unspecified atom stereocenters. The highest BCUT2D eigenvalue weighted by atomic mass is 16.4. The molecule has 5 nitrogen and oxygen atoms in total. The second-order valence-electron chi connectivity index (χ2n) is 3.74. The van der Waals surface area contributed by atoms with Crippen LogP contribution < -0.4 is 0 Å². The second kappa shape index (κ2) is 3.49. The van der Waals surface area contributed by atoms with Crippen LogP contribution in [0.2, 0.25) is 0 Å². The van der Waals surface area contributed by atoms with Crippen molar-refractivity contribution in [2.45, 2.75) is 32.7 Å². The van der Waals surface area contributed by atoms with Crippen molar-refractivity contribution in [3.05, 3.63) is 17.0 Å². The minimum atomic E-state index is -0.932. The minimum absolute atomic E-state index is 0.0883. The van der Waals surface area contributed by atoms with Crippen molar-refractivity contribution in [1.29, 1.82) is 0 Å². The number of carbonyl (C=O) groups is 2. The van der Waals surface area contributed by atoms with E-state index in [0.717, 1.165) is 18.5 Å². The van der Waals surface area contributed by atoms with Crippen LogP contribution in [0.4, 0.5) is 0 Å². The monoisotopic (exact) mass is 208 g/mol. The van der Waals surface area contributed by atoms with Crippen molar-refractivity contribution >= 4 is 11.8 Å². The first kappa shape index (κ1) is 9.89. The van der Waals surface area contributed by atoms with E-state index in [2.05, 4.69) is 5.10 Å². The molecule has 1 heterocycles. The maximum absolute atomic E-state index is 11.6. The van der Waals surface area contributed by atoms with Gasteiger partial charge in [0.1, 0.15) is 6.54 Å². The molecule has 15 heavy (non-hydrogen) atoms. The summed E-state index contributed by atoms with van der Waals surface area (Å²) in [6.45, 7) is 1.59. The third-order valence-electron chi connectivity index (χ3n) is 2.61. The lowest BCUT2D eigenvalue weighted by molar-refractivity contribution is -0.137. The lowest BCUT2D eigenvalue weighted by atomic mass is 9.95. The van der Waals surface area contributed by atoms with Crippen LogP contribution >= 0.6 is 0 Å². The number of carboxylic acid groups (broad SMARTS) is 1. The van der Waals surface area contributed by atoms with Crippen LogP contribution in [-0.2, 0) is 17.8 Å². The summed E-state index contributed by atoms with van der Waals surface area (Å²) in [5.74, 6) is -0.844. The molecular formula is C10H12N2O3. The van der Waals surface area contributed by atoms with E-state index in [0.29, 0.717) is 17.7 Å². The fourth-order valence-corrected chi connectivity index (χ4v) is 2.05. The predicted octanol–water partition coefficient (Wildman–Crippen LogP) is 0.795. The molecule has 0 spiro atoms. The van der Waals surface area contributed by atoms with E-state index in [1.165, 1.54) is 4.68 Å². The van der Waals surface area contributed by atoms with Gasteiger partial charge < -0.3 is 5.11 Å². The number of nitrogens with zero attached hydrogens (tertiary/aromatic N) is 2. The number of aliphatic carboxylic acids is 1. The number of rotatable bonds is 2. The smallest absolute Gasteiger partial charge is 0.325 e. The van der Waals surface area contributed by atoms with Gasteiger partial charge in [0.05, 0.1) is 17.0 Å². The van der Waals surface area contributed by atoms with Gasteiger partial charge in [-0.05, 0) is 19.8 Å². The van der Waals surface area contributed by atoms with Crippen molar-refractivity contribution in [1.82, 2.24) is 9.78 Å². The summed E-state index contributed by atoms with van der Waals surface area (Å²) in [4.78, 5) is 22.2. The van der Waals surface area contributed by atoms with Crippen molar-refractivity contribution in [3.8, 4) is 0 Å². The van der Waals surface area contributed by atoms with Crippen molar-refractivity contribution in [2.75, 3.05) is 0 Å². The van der Waals surface area contributed by atoms with Crippen LogP contribution in [0, 0.1) is 6.92 Å². The largest absolute Gasteiger partial charge is 0.480 e. The third kappa shape index (κ3) is 1.65. The van der Waals surface area contributed by atoms with Crippen LogP contribution in [0.25, 0.3) is 0 Å². The van der Waals surface area contributed by atoms with Crippen LogP contribution in [-0.4, -0.2) is 26.6 Å². The van der Waals surface area contributed by atoms with Gasteiger partial charge in [0.25, 0.3) is 0 Å². The van der Waals surface area contributed by atoms with Crippen LogP contribution in [0.5, 0.6) is 0 Å². The number of carbonyl (C=O) groups excluding carboxylic acids is 1. The topological polar surface area (TPSA) is 72.2 Å². The summed E-state index contributed by atoms with van der Waals surface area (Å²) in [6.07, 6.45) is 2.08. The summed E-state index contributed by atoms with van der Waals surface area (Å²) < 4.78 is 1.43. The molecule has 1 aromatic heterocycles. The molecule has 1 aliphatic rings. The normalized spacial score (nSPS) is 15.1. The van der Waals surface area contributed by atoms with Gasteiger partial charge in [0.2, 0.25) is 0 Å². The molecule has 0 atom stereocenters. The molecular weight excluding hydrogens is 196 g/mol. The number of fused-ring (bicyclic) bond motifs is 1. The van der Waals surface area contributed by atoms with Crippen LogP contribution in [0.15, 0.2) is 0 Å². The van der Waals surface area contributed by atoms with E-state index in [1.54, 1.807) is 6.92 Å². The number of hydrogen-bond donors (Lipinski definition) is 1. The molecule has 0 amide bonds. The van der Waals surface area contributed by atoms with E-state index in [9.17, 15) is 9.59 Å². The van der Waals surface area contributed by atoms with Gasteiger partial charge in [0.15, 0.2) is 5.78 Å². The van der Waals surface area contributed by atoms with Gasteiger partial charge in [-0.3, -0.25) is 14.3 Å². The van der Waals surface area contributed by atoms with Crippen LogP contribution in [0.3, 0.4) is 0 Å². The molecule has 80 valence electrons. The number of aryl methyl sites for hydroxylation is 1. The van der Waals surface area contributed by atoms with Gasteiger partial charge in [-0.1, -0.05) is 0 Å². The highest BCUT2D eigenvalue weighted by Crippen LogP contribution is 2.23. The maximum Gasteiger partial charge on any atom is 0.325 e. The summed E-state index contributed by atoms with van der Waals surface area (Å²) in [6, 6.07) is 0. The summed E-state index contributed by atoms with van der Waals surface area (Å²) in [7, 11) is 0. The van der Waals surface area contributed by atoms with E-state index in [1.807, 2.05) is 0 Å². The highest BCUT2D eigenvalue weighted by molar-refractivity contribution is 5.99. The Morgan fingerprint density at radius 3 is 2.93 bits per heavy atom. The highest BCUT2D eigenvalue weighted by Gasteiger charge is 2.25. The number of hydrogen-bond acceptors (Lipinski definition) is 3. The summed E-state index contributed by atoms with van der Waals surface area (Å²) in [5, 5.41) is 12.8. The molecule has 0 saturated carbocycles. The van der Waals surface area contributed by atoms with E-state index in [4.69, 9.17) is 5.11 Å². The van der Waals surface area contributed by atoms with Gasteiger partial charge in [-0.25, -0.2) is 0 Å². The molecule has 0 fully saturated rings. The first-order valence-corrected chi connectivity index (χ1v) is 4.91. The summed E-state index contributed by atoms with van der Waals surface area (Å²) in [5.41, 5.74) is 2.07. The Bertz CT molecular complexity index is 434. The predicted molar refractivity (Wildman–Crippen MR) is 51.9 cm³/mol. The third-order valence-corrected chi connectivity index (χ3v) is 2.61. The Kier molecular flexibility index (Phi) is 2.30. The molecule has 0 bridgehead atoms. The van der Waals surface area contributed by atoms with Crippen molar-refractivity contribution < 1.29 is 14.7 Å². The SMILES string of the molecule is Cc1nn(CC(=O)O)c2c1C(=O)CCC2. The molecule has 1 N–H and O–H groups in total. The van der Waals surface area contributed by atoms with Gasteiger partial charge >= 0.3 is 5.97 Å². The lowest BCUT2D eigenvalue weighted by Crippen LogP contribution is -2.17. The molecule has 5 heteroatoms. The second-order valence-corrected chi connectivity index (χ2v) is 3.74. The molecule has 0 radical (unpaired) electrons. The number of Topliss-reactive ketones (excluding diaryl/α,β-unsaturated/α-hetero) is 1. The molecule has 0 saturated heterocycles. The molecule has 1 aromatic rings. The zero-order valence-electron chi connectivity index (χ0n) is 8.49. The van der Waals surface area contributed by atoms with Crippen molar-refractivity contribution in [2.24, 2.45) is 0 Å². The van der Waals surface area contributed by atoms with Crippen molar-refractivity contribution in [3.63, 3.8) is 0 Å². The van der Waals surface area contributed by atoms with Crippen LogP contribution in [0.1, 0.15) is 34.6 Å². The Hall–Kier alpha value is -1.65. The van der Waals surface area contributed by atoms with E-state index in [-0.39, 0.29) is 12.3 Å². The molecule has 2 rings (SSSR count). The van der Waals surface area contributed by atoms with E-state index >= 15 is 0 Å². The Morgan fingerprint density at radius 2 is 2.27 bits per heavy atom. The Labute approximate surface area is 86.7 Å². The average molecular weight is 208 g/mol. The molecule has 1 aliphatic carbocycles. The lowest BCUT2D eigenvalue weighted by Gasteiger charge is -2.12. The molecule has 0 aliphatic heterocycles. The zero-order valence-corrected chi connectivity index (χ0v) is 8.49. The number of carboxylic acids is 1. The first-order chi connectivity index (χ1) is 7.09.